The molecule has 0 atom stereocenters. The Morgan fingerprint density at radius 1 is 1.39 bits per heavy atom. The molecule has 0 aliphatic carbocycles. The Bertz CT molecular complexity index is 745. The van der Waals surface area contributed by atoms with E-state index >= 15 is 0 Å². The van der Waals surface area contributed by atoms with Gasteiger partial charge in [0.25, 0.3) is 0 Å². The molecular weight excluding hydrogens is 252 g/mol. The highest BCUT2D eigenvalue weighted by Gasteiger charge is 2.13. The van der Waals surface area contributed by atoms with Crippen LogP contribution >= 0.6 is 11.5 Å². The number of hydrogen-bond donors (Lipinski definition) is 1. The molecule has 0 fully saturated rings. The molecule has 3 aromatic rings. The van der Waals surface area contributed by atoms with Gasteiger partial charge in [-0.3, -0.25) is 0 Å². The fraction of sp³-hybridized carbons (Fsp3) is 0.0833. The van der Waals surface area contributed by atoms with Crippen molar-refractivity contribution in [1.29, 1.82) is 0 Å². The molecular formula is C12H8N2O3S. The monoisotopic (exact) mass is 260 g/mol. The van der Waals surface area contributed by atoms with Gasteiger partial charge < -0.3 is 9.63 Å². The van der Waals surface area contributed by atoms with Crippen molar-refractivity contribution in [3.8, 4) is 11.3 Å². The number of benzene rings is 1. The molecule has 0 aliphatic heterocycles. The summed E-state index contributed by atoms with van der Waals surface area (Å²) in [7, 11) is 0. The Hall–Kier alpha value is -2.21. The molecule has 2 aromatic heterocycles. The molecule has 18 heavy (non-hydrogen) atoms. The van der Waals surface area contributed by atoms with E-state index in [9.17, 15) is 4.79 Å². The van der Waals surface area contributed by atoms with Gasteiger partial charge in [-0.2, -0.15) is 4.37 Å². The van der Waals surface area contributed by atoms with E-state index in [-0.39, 0.29) is 5.69 Å². The molecule has 3 rings (SSSR count). The molecule has 0 amide bonds. The van der Waals surface area contributed by atoms with Crippen LogP contribution in [0, 0.1) is 6.92 Å². The van der Waals surface area contributed by atoms with Gasteiger partial charge in [-0.1, -0.05) is 5.16 Å². The molecule has 0 radical (unpaired) electrons. The summed E-state index contributed by atoms with van der Waals surface area (Å²) in [5.74, 6) is -0.653. The number of hydrogen-bond acceptors (Lipinski definition) is 5. The highest BCUT2D eigenvalue weighted by atomic mass is 32.1. The second-order valence-electron chi connectivity index (χ2n) is 3.86. The van der Waals surface area contributed by atoms with Crippen molar-refractivity contribution in [2.24, 2.45) is 0 Å². The molecule has 2 heterocycles. The molecule has 5 nitrogen and oxygen atoms in total. The van der Waals surface area contributed by atoms with Gasteiger partial charge in [-0.25, -0.2) is 4.79 Å². The summed E-state index contributed by atoms with van der Waals surface area (Å²) < 4.78 is 10.4. The SMILES string of the molecule is Cc1nsc2ccc(-c3cc(C(=O)O)no3)cc12. The van der Waals surface area contributed by atoms with Crippen molar-refractivity contribution in [3.63, 3.8) is 0 Å². The normalized spacial score (nSPS) is 10.9. The smallest absolute Gasteiger partial charge is 0.358 e. The minimum Gasteiger partial charge on any atom is -0.476 e. The minimum atomic E-state index is -1.10. The lowest BCUT2D eigenvalue weighted by Crippen LogP contribution is -1.94. The summed E-state index contributed by atoms with van der Waals surface area (Å²) in [6.45, 7) is 1.94. The number of aromatic carboxylic acids is 1. The third-order valence-corrected chi connectivity index (χ3v) is 3.58. The summed E-state index contributed by atoms with van der Waals surface area (Å²) in [4.78, 5) is 10.7. The quantitative estimate of drug-likeness (QED) is 0.766. The first-order valence-corrected chi connectivity index (χ1v) is 5.99. The van der Waals surface area contributed by atoms with Crippen LogP contribution in [0.3, 0.4) is 0 Å². The summed E-state index contributed by atoms with van der Waals surface area (Å²) in [6.07, 6.45) is 0. The van der Waals surface area contributed by atoms with Crippen molar-refractivity contribution in [3.05, 3.63) is 35.7 Å². The van der Waals surface area contributed by atoms with Gasteiger partial charge >= 0.3 is 5.97 Å². The van der Waals surface area contributed by atoms with E-state index in [0.29, 0.717) is 5.76 Å². The number of rotatable bonds is 2. The molecule has 0 bridgehead atoms. The maximum absolute atomic E-state index is 10.7. The molecule has 0 spiro atoms. The zero-order valence-corrected chi connectivity index (χ0v) is 10.2. The number of aromatic nitrogens is 2. The van der Waals surface area contributed by atoms with E-state index in [1.807, 2.05) is 25.1 Å². The van der Waals surface area contributed by atoms with Gasteiger partial charge in [0.05, 0.1) is 10.4 Å². The lowest BCUT2D eigenvalue weighted by molar-refractivity contribution is 0.0686. The number of aryl methyl sites for hydroxylation is 1. The zero-order chi connectivity index (χ0) is 12.7. The molecule has 0 unspecified atom stereocenters. The Kier molecular flexibility index (Phi) is 2.38. The summed E-state index contributed by atoms with van der Waals surface area (Å²) in [5, 5.41) is 13.3. The lowest BCUT2D eigenvalue weighted by atomic mass is 10.1. The van der Waals surface area contributed by atoms with Crippen LogP contribution in [0.5, 0.6) is 0 Å². The molecule has 0 saturated heterocycles. The van der Waals surface area contributed by atoms with Crippen molar-refractivity contribution in [2.45, 2.75) is 6.92 Å². The minimum absolute atomic E-state index is 0.0923. The van der Waals surface area contributed by atoms with Gasteiger partial charge in [-0.05, 0) is 36.7 Å². The van der Waals surface area contributed by atoms with Crippen LogP contribution in [-0.2, 0) is 0 Å². The van der Waals surface area contributed by atoms with Crippen molar-refractivity contribution < 1.29 is 14.4 Å². The number of fused-ring (bicyclic) bond motifs is 1. The van der Waals surface area contributed by atoms with E-state index in [1.54, 1.807) is 0 Å². The van der Waals surface area contributed by atoms with Gasteiger partial charge in [0.1, 0.15) is 0 Å². The number of carboxylic acids is 1. The van der Waals surface area contributed by atoms with Gasteiger partial charge in [0.15, 0.2) is 11.5 Å². The van der Waals surface area contributed by atoms with Crippen LogP contribution in [0.1, 0.15) is 16.2 Å². The Balaban J connectivity index is 2.12. The average Bonchev–Trinajstić information content (AvgIpc) is 2.96. The van der Waals surface area contributed by atoms with Crippen LogP contribution in [0.15, 0.2) is 28.8 Å². The van der Waals surface area contributed by atoms with Crippen LogP contribution < -0.4 is 0 Å². The zero-order valence-electron chi connectivity index (χ0n) is 9.38. The van der Waals surface area contributed by atoms with E-state index in [2.05, 4.69) is 9.53 Å². The number of carboxylic acid groups (broad SMARTS) is 1. The molecule has 1 N–H and O–H groups in total. The average molecular weight is 260 g/mol. The van der Waals surface area contributed by atoms with E-state index in [1.165, 1.54) is 17.6 Å². The van der Waals surface area contributed by atoms with Crippen molar-refractivity contribution in [2.75, 3.05) is 0 Å². The third-order valence-electron chi connectivity index (χ3n) is 2.66. The van der Waals surface area contributed by atoms with E-state index in [4.69, 9.17) is 9.63 Å². The van der Waals surface area contributed by atoms with Crippen LogP contribution in [0.4, 0.5) is 0 Å². The van der Waals surface area contributed by atoms with Gasteiger partial charge in [-0.15, -0.1) is 0 Å². The van der Waals surface area contributed by atoms with Crippen LogP contribution in [-0.4, -0.2) is 20.6 Å². The van der Waals surface area contributed by atoms with Gasteiger partial charge in [0.2, 0.25) is 0 Å². The first-order chi connectivity index (χ1) is 8.65. The van der Waals surface area contributed by atoms with Gasteiger partial charge in [0, 0.05) is 17.0 Å². The predicted molar refractivity (Wildman–Crippen MR) is 66.8 cm³/mol. The fourth-order valence-corrected chi connectivity index (χ4v) is 2.49. The standard InChI is InChI=1S/C12H8N2O3S/c1-6-8-4-7(2-3-11(8)18-14-6)10-5-9(12(15)16)13-17-10/h2-5H,1H3,(H,15,16). The molecule has 6 heteroatoms. The first kappa shape index (κ1) is 10.9. The summed E-state index contributed by atoms with van der Waals surface area (Å²) in [6, 6.07) is 7.16. The topological polar surface area (TPSA) is 76.2 Å². The fourth-order valence-electron chi connectivity index (χ4n) is 1.72. The highest BCUT2D eigenvalue weighted by Crippen LogP contribution is 2.28. The van der Waals surface area contributed by atoms with Crippen molar-refractivity contribution in [1.82, 2.24) is 9.53 Å². The second kappa shape index (κ2) is 3.92. The Morgan fingerprint density at radius 2 is 2.22 bits per heavy atom. The summed E-state index contributed by atoms with van der Waals surface area (Å²) >= 11 is 1.44. The molecule has 90 valence electrons. The molecule has 0 aliphatic rings. The maximum Gasteiger partial charge on any atom is 0.358 e. The first-order valence-electron chi connectivity index (χ1n) is 5.21. The Labute approximate surface area is 106 Å². The van der Waals surface area contributed by atoms with E-state index < -0.39 is 5.97 Å². The largest absolute Gasteiger partial charge is 0.476 e. The number of nitrogens with zero attached hydrogens (tertiary/aromatic N) is 2. The van der Waals surface area contributed by atoms with Crippen LogP contribution in [0.2, 0.25) is 0 Å². The predicted octanol–water partition coefficient (Wildman–Crippen LogP) is 2.96. The third kappa shape index (κ3) is 1.67. The highest BCUT2D eigenvalue weighted by molar-refractivity contribution is 7.13. The van der Waals surface area contributed by atoms with E-state index in [0.717, 1.165) is 21.3 Å². The second-order valence-corrected chi connectivity index (χ2v) is 4.67. The number of carbonyl (C=O) groups is 1. The lowest BCUT2D eigenvalue weighted by Gasteiger charge is -1.95. The maximum atomic E-state index is 10.7. The van der Waals surface area contributed by atoms with Crippen molar-refractivity contribution >= 4 is 27.6 Å². The van der Waals surface area contributed by atoms with Crippen LogP contribution in [0.25, 0.3) is 21.4 Å². The molecule has 1 aromatic carbocycles. The Morgan fingerprint density at radius 3 is 2.94 bits per heavy atom. The molecule has 0 saturated carbocycles. The summed E-state index contributed by atoms with van der Waals surface area (Å²) in [5.41, 5.74) is 1.66.